The second-order valence-corrected chi connectivity index (χ2v) is 10.2. The third-order valence-corrected chi connectivity index (χ3v) is 7.73. The maximum atomic E-state index is 14.1. The first kappa shape index (κ1) is 24.2. The zero-order valence-corrected chi connectivity index (χ0v) is 21.4. The summed E-state index contributed by atoms with van der Waals surface area (Å²) < 4.78 is 12.9. The molecule has 36 heavy (non-hydrogen) atoms. The van der Waals surface area contributed by atoms with E-state index in [1.165, 1.54) is 19.3 Å². The highest BCUT2D eigenvalue weighted by atomic mass is 16.5. The first-order chi connectivity index (χ1) is 17.4. The minimum absolute atomic E-state index is 0.125. The molecule has 2 amide bonds. The third kappa shape index (κ3) is 4.31. The van der Waals surface area contributed by atoms with Gasteiger partial charge in [-0.05, 0) is 50.1 Å². The summed E-state index contributed by atoms with van der Waals surface area (Å²) in [5.74, 6) is 1.02. The summed E-state index contributed by atoms with van der Waals surface area (Å²) in [5.41, 5.74) is 0.947. The number of hydrogen-bond donors (Lipinski definition) is 1. The van der Waals surface area contributed by atoms with Crippen molar-refractivity contribution in [3.8, 4) is 11.5 Å². The van der Waals surface area contributed by atoms with Gasteiger partial charge in [-0.15, -0.1) is 0 Å². The van der Waals surface area contributed by atoms with Crippen molar-refractivity contribution >= 4 is 28.4 Å². The van der Waals surface area contributed by atoms with E-state index in [2.05, 4.69) is 5.32 Å². The van der Waals surface area contributed by atoms with Crippen LogP contribution in [0.2, 0.25) is 0 Å². The van der Waals surface area contributed by atoms with E-state index in [-0.39, 0.29) is 17.9 Å². The van der Waals surface area contributed by atoms with Crippen LogP contribution in [0.3, 0.4) is 0 Å². The molecule has 0 radical (unpaired) electrons. The molecule has 1 atom stereocenters. The van der Waals surface area contributed by atoms with Crippen LogP contribution in [0.1, 0.15) is 62.4 Å². The summed E-state index contributed by atoms with van der Waals surface area (Å²) in [6.07, 6.45) is 7.87. The summed E-state index contributed by atoms with van der Waals surface area (Å²) in [4.78, 5) is 29.8. The summed E-state index contributed by atoms with van der Waals surface area (Å²) in [7, 11) is 3.23. The molecule has 1 aliphatic heterocycles. The van der Waals surface area contributed by atoms with Gasteiger partial charge in [0, 0.05) is 29.2 Å². The molecule has 1 N–H and O–H groups in total. The van der Waals surface area contributed by atoms with Gasteiger partial charge in [-0.25, -0.2) is 0 Å². The van der Waals surface area contributed by atoms with Crippen molar-refractivity contribution in [2.45, 2.75) is 70.0 Å². The monoisotopic (exact) mass is 489 g/mol. The van der Waals surface area contributed by atoms with Crippen molar-refractivity contribution in [1.29, 1.82) is 0 Å². The minimum atomic E-state index is -1.13. The van der Waals surface area contributed by atoms with Gasteiger partial charge in [0.1, 0.15) is 22.7 Å². The van der Waals surface area contributed by atoms with E-state index in [0.29, 0.717) is 29.4 Å². The lowest BCUT2D eigenvalue weighted by atomic mass is 9.91. The fraction of sp³-hybridized carbons (Fsp3) is 0.448. The highest BCUT2D eigenvalue weighted by Crippen LogP contribution is 2.38. The van der Waals surface area contributed by atoms with Gasteiger partial charge < -0.3 is 19.4 Å². The van der Waals surface area contributed by atoms with Crippen LogP contribution in [-0.2, 0) is 11.3 Å². The van der Waals surface area contributed by atoms with E-state index in [1.54, 1.807) is 19.1 Å². The number of hydrogen-bond acceptors (Lipinski definition) is 4. The zero-order chi connectivity index (χ0) is 25.3. The molecule has 0 bridgehead atoms. The molecule has 7 heteroatoms. The van der Waals surface area contributed by atoms with Gasteiger partial charge in [-0.2, -0.15) is 0 Å². The van der Waals surface area contributed by atoms with Gasteiger partial charge in [-0.1, -0.05) is 38.2 Å². The molecule has 1 aromatic heterocycles. The zero-order valence-electron chi connectivity index (χ0n) is 21.4. The van der Waals surface area contributed by atoms with Crippen LogP contribution in [0.4, 0.5) is 5.69 Å². The quantitative estimate of drug-likeness (QED) is 0.527. The van der Waals surface area contributed by atoms with Gasteiger partial charge in [-0.3, -0.25) is 14.5 Å². The largest absolute Gasteiger partial charge is 0.497 e. The maximum absolute atomic E-state index is 14.1. The van der Waals surface area contributed by atoms with Crippen molar-refractivity contribution < 1.29 is 19.1 Å². The Balaban J connectivity index is 1.59. The highest BCUT2D eigenvalue weighted by molar-refractivity contribution is 6.14. The van der Waals surface area contributed by atoms with Crippen molar-refractivity contribution in [3.63, 3.8) is 0 Å². The number of nitrogens with zero attached hydrogens (tertiary/aromatic N) is 2. The molecule has 2 heterocycles. The Labute approximate surface area is 212 Å². The topological polar surface area (TPSA) is 72.8 Å². The molecule has 190 valence electrons. The lowest BCUT2D eigenvalue weighted by molar-refractivity contribution is -0.127. The van der Waals surface area contributed by atoms with Crippen molar-refractivity contribution in [1.82, 2.24) is 9.88 Å². The lowest BCUT2D eigenvalue weighted by Crippen LogP contribution is -2.65. The van der Waals surface area contributed by atoms with Crippen LogP contribution in [0.25, 0.3) is 10.9 Å². The number of benzene rings is 2. The standard InChI is InChI=1S/C29H35N3O4/c1-29(28(34)30-21-10-7-5-4-6-8-11-21)19-31-25-18-24(36-3)15-14-20(25)16-26(31)27(33)32(29)22-12-9-13-23(17-22)35-2/h9,12-18,21H,4-8,10-11,19H2,1-3H3,(H,30,34)/t29-/m1/s1. The average molecular weight is 490 g/mol. The molecular weight excluding hydrogens is 454 g/mol. The Bertz CT molecular complexity index is 1270. The van der Waals surface area contributed by atoms with E-state index in [4.69, 9.17) is 9.47 Å². The molecule has 2 aromatic carbocycles. The van der Waals surface area contributed by atoms with Gasteiger partial charge >= 0.3 is 0 Å². The van der Waals surface area contributed by atoms with E-state index < -0.39 is 5.54 Å². The fourth-order valence-electron chi connectivity index (χ4n) is 5.69. The summed E-state index contributed by atoms with van der Waals surface area (Å²) in [6, 6.07) is 15.2. The Kier molecular flexibility index (Phi) is 6.65. The Morgan fingerprint density at radius 1 is 0.944 bits per heavy atom. The van der Waals surface area contributed by atoms with Crippen molar-refractivity contribution in [2.75, 3.05) is 19.1 Å². The van der Waals surface area contributed by atoms with Crippen molar-refractivity contribution in [3.05, 3.63) is 54.2 Å². The maximum Gasteiger partial charge on any atom is 0.275 e. The van der Waals surface area contributed by atoms with Crippen LogP contribution >= 0.6 is 0 Å². The number of anilines is 1. The molecule has 1 saturated carbocycles. The molecule has 7 nitrogen and oxygen atoms in total. The summed E-state index contributed by atoms with van der Waals surface area (Å²) in [6.45, 7) is 2.21. The number of ether oxygens (including phenoxy) is 2. The molecular formula is C29H35N3O4. The SMILES string of the molecule is COc1cccc(N2C(=O)c3cc4ccc(OC)cc4n3C[C@]2(C)C(=O)NC2CCCCCCC2)c1. The molecule has 3 aromatic rings. The van der Waals surface area contributed by atoms with Gasteiger partial charge in [0.25, 0.3) is 5.91 Å². The molecule has 0 saturated heterocycles. The number of rotatable bonds is 5. The Hall–Kier alpha value is -3.48. The van der Waals surface area contributed by atoms with Crippen LogP contribution in [0, 0.1) is 0 Å². The number of carbonyl (C=O) groups is 2. The first-order valence-corrected chi connectivity index (χ1v) is 12.9. The minimum Gasteiger partial charge on any atom is -0.497 e. The lowest BCUT2D eigenvalue weighted by Gasteiger charge is -2.44. The Morgan fingerprint density at radius 2 is 1.64 bits per heavy atom. The number of fused-ring (bicyclic) bond motifs is 3. The van der Waals surface area contributed by atoms with E-state index in [9.17, 15) is 9.59 Å². The summed E-state index contributed by atoms with van der Waals surface area (Å²) >= 11 is 0. The highest BCUT2D eigenvalue weighted by Gasteiger charge is 2.49. The Morgan fingerprint density at radius 3 is 2.36 bits per heavy atom. The second-order valence-electron chi connectivity index (χ2n) is 10.2. The van der Waals surface area contributed by atoms with E-state index in [1.807, 2.05) is 60.0 Å². The van der Waals surface area contributed by atoms with Gasteiger partial charge in [0.05, 0.1) is 26.3 Å². The molecule has 1 fully saturated rings. The third-order valence-electron chi connectivity index (χ3n) is 7.73. The van der Waals surface area contributed by atoms with E-state index >= 15 is 0 Å². The van der Waals surface area contributed by atoms with Gasteiger partial charge in [0.15, 0.2) is 0 Å². The molecule has 5 rings (SSSR count). The predicted octanol–water partition coefficient (Wildman–Crippen LogP) is 5.31. The van der Waals surface area contributed by atoms with Crippen LogP contribution in [0.5, 0.6) is 11.5 Å². The molecule has 0 unspecified atom stereocenters. The van der Waals surface area contributed by atoms with E-state index in [0.717, 1.165) is 36.6 Å². The normalized spacial score (nSPS) is 21.0. The average Bonchev–Trinajstić information content (AvgIpc) is 3.23. The van der Waals surface area contributed by atoms with Crippen LogP contribution in [-0.4, -0.2) is 42.2 Å². The van der Waals surface area contributed by atoms with Crippen molar-refractivity contribution in [2.24, 2.45) is 0 Å². The molecule has 2 aliphatic rings. The number of aromatic nitrogens is 1. The number of carbonyl (C=O) groups excluding carboxylic acids is 2. The second kappa shape index (κ2) is 9.88. The summed E-state index contributed by atoms with van der Waals surface area (Å²) in [5, 5.41) is 4.28. The molecule has 1 aliphatic carbocycles. The smallest absolute Gasteiger partial charge is 0.275 e. The van der Waals surface area contributed by atoms with Crippen LogP contribution in [0.15, 0.2) is 48.5 Å². The predicted molar refractivity (Wildman–Crippen MR) is 141 cm³/mol. The number of methoxy groups -OCH3 is 2. The molecule has 0 spiro atoms. The van der Waals surface area contributed by atoms with Gasteiger partial charge in [0.2, 0.25) is 5.91 Å². The number of nitrogens with one attached hydrogen (secondary N) is 1. The number of amides is 2. The first-order valence-electron chi connectivity index (χ1n) is 12.9. The fourth-order valence-corrected chi connectivity index (χ4v) is 5.69. The van der Waals surface area contributed by atoms with Crippen LogP contribution < -0.4 is 19.7 Å².